The first kappa shape index (κ1) is 15.6. The summed E-state index contributed by atoms with van der Waals surface area (Å²) in [6.07, 6.45) is 3.78. The van der Waals surface area contributed by atoms with Crippen molar-refractivity contribution in [3.05, 3.63) is 53.9 Å². The molecule has 1 atom stereocenters. The van der Waals surface area contributed by atoms with Gasteiger partial charge in [0.25, 0.3) is 0 Å². The maximum Gasteiger partial charge on any atom is 0.187 e. The second-order valence-electron chi connectivity index (χ2n) is 4.90. The number of carbonyl (C=O) groups is 1. The molecule has 22 heavy (non-hydrogen) atoms. The van der Waals surface area contributed by atoms with Crippen LogP contribution in [0, 0.1) is 17.1 Å². The molecule has 0 radical (unpaired) electrons. The highest BCUT2D eigenvalue weighted by molar-refractivity contribution is 6.02. The van der Waals surface area contributed by atoms with Crippen molar-refractivity contribution in [3.8, 4) is 11.8 Å². The molecule has 0 aliphatic heterocycles. The number of halogens is 1. The maximum absolute atomic E-state index is 12.9. The van der Waals surface area contributed by atoms with Gasteiger partial charge in [-0.25, -0.2) is 4.39 Å². The second kappa shape index (κ2) is 6.76. The summed E-state index contributed by atoms with van der Waals surface area (Å²) in [4.78, 5) is 20.2. The minimum absolute atomic E-state index is 0.0577. The van der Waals surface area contributed by atoms with Crippen molar-refractivity contribution >= 4 is 5.78 Å². The van der Waals surface area contributed by atoms with Crippen LogP contribution in [0.4, 0.5) is 4.39 Å². The Hall–Kier alpha value is -2.81. The number of ketones is 1. The third kappa shape index (κ3) is 3.64. The number of nitriles is 1. The number of hydrogen-bond donors (Lipinski definition) is 0. The average molecular weight is 299 g/mol. The number of hydrogen-bond acceptors (Lipinski definition) is 5. The Morgan fingerprint density at radius 3 is 2.68 bits per heavy atom. The van der Waals surface area contributed by atoms with E-state index in [1.165, 1.54) is 24.5 Å². The normalized spacial score (nSPS) is 11.8. The molecule has 2 aromatic rings. The molecule has 0 saturated carbocycles. The number of Topliss-reactive ketones (excluding diaryl/α,β-unsaturated/α-hetero) is 1. The predicted molar refractivity (Wildman–Crippen MR) is 76.9 cm³/mol. The van der Waals surface area contributed by atoms with Gasteiger partial charge in [0.15, 0.2) is 11.7 Å². The monoisotopic (exact) mass is 299 g/mol. The van der Waals surface area contributed by atoms with E-state index < -0.39 is 17.5 Å². The molecule has 0 spiro atoms. The van der Waals surface area contributed by atoms with Gasteiger partial charge in [-0.15, -0.1) is 0 Å². The van der Waals surface area contributed by atoms with Crippen molar-refractivity contribution in [2.75, 3.05) is 0 Å². The largest absolute Gasteiger partial charge is 0.489 e. The molecule has 0 fully saturated rings. The van der Waals surface area contributed by atoms with Crippen LogP contribution < -0.4 is 4.74 Å². The summed E-state index contributed by atoms with van der Waals surface area (Å²) >= 11 is 0. The van der Waals surface area contributed by atoms with E-state index >= 15 is 0 Å². The Kier molecular flexibility index (Phi) is 4.79. The summed E-state index contributed by atoms with van der Waals surface area (Å²) in [6, 6.07) is 5.91. The Morgan fingerprint density at radius 2 is 2.09 bits per heavy atom. The Bertz CT molecular complexity index is 708. The van der Waals surface area contributed by atoms with Crippen LogP contribution in [0.1, 0.15) is 35.8 Å². The third-order valence-electron chi connectivity index (χ3n) is 2.81. The van der Waals surface area contributed by atoms with Gasteiger partial charge in [0, 0.05) is 11.8 Å². The lowest BCUT2D eigenvalue weighted by Crippen LogP contribution is -2.14. The van der Waals surface area contributed by atoms with E-state index in [-0.39, 0.29) is 17.4 Å². The molecular formula is C16H14FN3O2. The molecule has 0 N–H and O–H groups in total. The van der Waals surface area contributed by atoms with Crippen molar-refractivity contribution in [2.45, 2.75) is 25.9 Å². The fourth-order valence-corrected chi connectivity index (χ4v) is 1.87. The fraction of sp³-hybridized carbons (Fsp3) is 0.250. The average Bonchev–Trinajstić information content (AvgIpc) is 2.49. The molecule has 1 unspecified atom stereocenters. The number of pyridine rings is 2. The minimum Gasteiger partial charge on any atom is -0.489 e. The SMILES string of the molecule is CC(C)Oc1cncc(C(=O)C(C#N)c2ccc(F)cn2)c1. The summed E-state index contributed by atoms with van der Waals surface area (Å²) in [6.45, 7) is 3.71. The summed E-state index contributed by atoms with van der Waals surface area (Å²) < 4.78 is 18.4. The Morgan fingerprint density at radius 1 is 1.32 bits per heavy atom. The first-order chi connectivity index (χ1) is 10.5. The van der Waals surface area contributed by atoms with E-state index in [0.29, 0.717) is 5.75 Å². The zero-order valence-corrected chi connectivity index (χ0v) is 12.2. The summed E-state index contributed by atoms with van der Waals surface area (Å²) in [7, 11) is 0. The highest BCUT2D eigenvalue weighted by Gasteiger charge is 2.24. The van der Waals surface area contributed by atoms with Crippen LogP contribution in [0.2, 0.25) is 0 Å². The quantitative estimate of drug-likeness (QED) is 0.793. The molecule has 0 aromatic carbocycles. The number of rotatable bonds is 5. The molecule has 0 bridgehead atoms. The topological polar surface area (TPSA) is 75.9 Å². The van der Waals surface area contributed by atoms with E-state index in [2.05, 4.69) is 9.97 Å². The third-order valence-corrected chi connectivity index (χ3v) is 2.81. The summed E-state index contributed by atoms with van der Waals surface area (Å²) in [5, 5.41) is 9.24. The first-order valence-electron chi connectivity index (χ1n) is 6.68. The van der Waals surface area contributed by atoms with Gasteiger partial charge in [-0.2, -0.15) is 5.26 Å². The van der Waals surface area contributed by atoms with Gasteiger partial charge in [0.05, 0.1) is 30.3 Å². The summed E-state index contributed by atoms with van der Waals surface area (Å²) in [5.74, 6) is -1.65. The first-order valence-corrected chi connectivity index (χ1v) is 6.68. The van der Waals surface area contributed by atoms with Crippen LogP contribution in [0.5, 0.6) is 5.75 Å². The van der Waals surface area contributed by atoms with Gasteiger partial charge in [0.2, 0.25) is 0 Å². The van der Waals surface area contributed by atoms with Crippen LogP contribution in [0.3, 0.4) is 0 Å². The number of ether oxygens (including phenoxy) is 1. The van der Waals surface area contributed by atoms with E-state index in [9.17, 15) is 14.4 Å². The molecule has 0 aliphatic rings. The van der Waals surface area contributed by atoms with E-state index in [0.717, 1.165) is 12.3 Å². The lowest BCUT2D eigenvalue weighted by Gasteiger charge is -2.11. The molecule has 2 rings (SSSR count). The van der Waals surface area contributed by atoms with E-state index in [1.54, 1.807) is 0 Å². The van der Waals surface area contributed by atoms with Gasteiger partial charge >= 0.3 is 0 Å². The minimum atomic E-state index is -1.11. The molecule has 0 aliphatic carbocycles. The van der Waals surface area contributed by atoms with Gasteiger partial charge in [0.1, 0.15) is 11.6 Å². The Labute approximate surface area is 127 Å². The van der Waals surface area contributed by atoms with Crippen molar-refractivity contribution in [1.82, 2.24) is 9.97 Å². The highest BCUT2D eigenvalue weighted by atomic mass is 19.1. The van der Waals surface area contributed by atoms with Crippen LogP contribution in [0.25, 0.3) is 0 Å². The van der Waals surface area contributed by atoms with Crippen molar-refractivity contribution in [1.29, 1.82) is 5.26 Å². The number of aromatic nitrogens is 2. The van der Waals surface area contributed by atoms with Crippen LogP contribution in [0.15, 0.2) is 36.8 Å². The van der Waals surface area contributed by atoms with Crippen LogP contribution in [-0.2, 0) is 0 Å². The van der Waals surface area contributed by atoms with Gasteiger partial charge in [-0.3, -0.25) is 14.8 Å². The zero-order chi connectivity index (χ0) is 16.1. The molecule has 112 valence electrons. The van der Waals surface area contributed by atoms with Gasteiger partial charge in [-0.1, -0.05) is 0 Å². The molecule has 0 saturated heterocycles. The van der Waals surface area contributed by atoms with Crippen LogP contribution in [-0.4, -0.2) is 21.9 Å². The molecule has 2 heterocycles. The molecule has 2 aromatic heterocycles. The number of nitrogens with zero attached hydrogens (tertiary/aromatic N) is 3. The zero-order valence-electron chi connectivity index (χ0n) is 12.2. The molecular weight excluding hydrogens is 285 g/mol. The van der Waals surface area contributed by atoms with Crippen molar-refractivity contribution in [3.63, 3.8) is 0 Å². The maximum atomic E-state index is 12.9. The van der Waals surface area contributed by atoms with Crippen molar-refractivity contribution < 1.29 is 13.9 Å². The smallest absolute Gasteiger partial charge is 0.187 e. The lowest BCUT2D eigenvalue weighted by atomic mass is 9.96. The molecule has 0 amide bonds. The van der Waals surface area contributed by atoms with Gasteiger partial charge < -0.3 is 4.74 Å². The predicted octanol–water partition coefficient (Wildman–Crippen LogP) is 2.89. The summed E-state index contributed by atoms with van der Waals surface area (Å²) in [5.41, 5.74) is 0.444. The second-order valence-corrected chi connectivity index (χ2v) is 4.90. The lowest BCUT2D eigenvalue weighted by molar-refractivity contribution is 0.0976. The van der Waals surface area contributed by atoms with Crippen molar-refractivity contribution in [2.24, 2.45) is 0 Å². The van der Waals surface area contributed by atoms with E-state index in [4.69, 9.17) is 4.74 Å². The molecule has 6 heteroatoms. The highest BCUT2D eigenvalue weighted by Crippen LogP contribution is 2.21. The van der Waals surface area contributed by atoms with Crippen LogP contribution >= 0.6 is 0 Å². The standard InChI is InChI=1S/C16H14FN3O2/c1-10(2)22-13-5-11(7-19-9-13)16(21)14(6-18)15-4-3-12(17)8-20-15/h3-5,7-10,14H,1-2H3. The number of carbonyl (C=O) groups excluding carboxylic acids is 1. The van der Waals surface area contributed by atoms with Gasteiger partial charge in [-0.05, 0) is 32.0 Å². The fourth-order valence-electron chi connectivity index (χ4n) is 1.87. The van der Waals surface area contributed by atoms with E-state index in [1.807, 2.05) is 19.9 Å². The molecule has 5 nitrogen and oxygen atoms in total. The Balaban J connectivity index is 2.29.